The highest BCUT2D eigenvalue weighted by atomic mass is 16.7. The number of likely N-dealkylation sites (tertiary alicyclic amines) is 2. The van der Waals surface area contributed by atoms with E-state index in [1.807, 2.05) is 32.0 Å². The number of hydrogen-bond acceptors (Lipinski definition) is 11. The monoisotopic (exact) mass is 836 g/mol. The van der Waals surface area contributed by atoms with Gasteiger partial charge in [-0.15, -0.1) is 0 Å². The number of nitrogens with one attached hydrogen (secondary N) is 4. The Labute approximate surface area is 352 Å². The van der Waals surface area contributed by atoms with Crippen LogP contribution in [-0.2, 0) is 33.3 Å². The first kappa shape index (κ1) is 41.7. The molecule has 4 amide bonds. The highest BCUT2D eigenvalue weighted by Crippen LogP contribution is 2.43. The summed E-state index contributed by atoms with van der Waals surface area (Å²) in [6, 6.07) is 16.1. The number of fused-ring (bicyclic) bond motifs is 3. The van der Waals surface area contributed by atoms with E-state index >= 15 is 0 Å². The Morgan fingerprint density at radius 2 is 1.48 bits per heavy atom. The van der Waals surface area contributed by atoms with Gasteiger partial charge in [0.25, 0.3) is 0 Å². The summed E-state index contributed by atoms with van der Waals surface area (Å²) in [6.07, 6.45) is 1.74. The minimum absolute atomic E-state index is 0.197. The number of nitrogens with zero attached hydrogens (tertiary/aromatic N) is 4. The molecule has 3 aromatic carbocycles. The first-order valence-electron chi connectivity index (χ1n) is 20.6. The van der Waals surface area contributed by atoms with Crippen LogP contribution in [0, 0.1) is 5.92 Å². The van der Waals surface area contributed by atoms with Crippen LogP contribution in [0.3, 0.4) is 0 Å². The Kier molecular flexibility index (Phi) is 11.7. The molecule has 0 saturated carbocycles. The predicted molar refractivity (Wildman–Crippen MR) is 224 cm³/mol. The van der Waals surface area contributed by atoms with Gasteiger partial charge in [0.05, 0.1) is 75.1 Å². The minimum atomic E-state index is -0.941. The number of carbonyl (C=O) groups is 4. The van der Waals surface area contributed by atoms with Crippen molar-refractivity contribution in [2.75, 3.05) is 47.6 Å². The summed E-state index contributed by atoms with van der Waals surface area (Å²) in [5, 5.41) is 7.37. The number of amides is 4. The molecule has 3 fully saturated rings. The van der Waals surface area contributed by atoms with Gasteiger partial charge < -0.3 is 54.1 Å². The number of carbonyl (C=O) groups excluding carboxylic acids is 4. The molecule has 8 rings (SSSR count). The Balaban J connectivity index is 1.00. The van der Waals surface area contributed by atoms with E-state index in [0.29, 0.717) is 37.8 Å². The maximum absolute atomic E-state index is 14.0. The average Bonchev–Trinajstić information content (AvgIpc) is 4.14. The van der Waals surface area contributed by atoms with Crippen molar-refractivity contribution in [2.45, 2.75) is 76.1 Å². The first-order chi connectivity index (χ1) is 29.4. The van der Waals surface area contributed by atoms with Gasteiger partial charge in [0, 0.05) is 25.5 Å². The van der Waals surface area contributed by atoms with E-state index in [-0.39, 0.29) is 30.3 Å². The van der Waals surface area contributed by atoms with Crippen molar-refractivity contribution in [2.24, 2.45) is 5.92 Å². The number of hydrogen-bond donors (Lipinski definition) is 4. The molecule has 322 valence electrons. The van der Waals surface area contributed by atoms with Gasteiger partial charge in [-0.25, -0.2) is 19.6 Å². The van der Waals surface area contributed by atoms with Crippen LogP contribution in [0.25, 0.3) is 44.2 Å². The lowest BCUT2D eigenvalue weighted by Gasteiger charge is -2.30. The topological polar surface area (TPSA) is 202 Å². The summed E-state index contributed by atoms with van der Waals surface area (Å²) in [5.41, 5.74) is 5.46. The molecule has 3 saturated heterocycles. The van der Waals surface area contributed by atoms with E-state index < -0.39 is 42.2 Å². The molecule has 0 aliphatic carbocycles. The Morgan fingerprint density at radius 3 is 2.16 bits per heavy atom. The molecule has 5 heterocycles. The van der Waals surface area contributed by atoms with Crippen molar-refractivity contribution < 1.29 is 42.9 Å². The smallest absolute Gasteiger partial charge is 0.407 e. The van der Waals surface area contributed by atoms with Crippen LogP contribution in [0.1, 0.15) is 63.8 Å². The number of methoxy groups -OCH3 is 3. The highest BCUT2D eigenvalue weighted by molar-refractivity contribution is 6.05. The molecule has 2 aromatic heterocycles. The molecular weight excluding hydrogens is 785 g/mol. The van der Waals surface area contributed by atoms with Gasteiger partial charge in [-0.2, -0.15) is 0 Å². The third-order valence-electron chi connectivity index (χ3n) is 12.1. The van der Waals surface area contributed by atoms with Crippen molar-refractivity contribution in [1.29, 1.82) is 0 Å². The van der Waals surface area contributed by atoms with Gasteiger partial charge in [-0.1, -0.05) is 56.3 Å². The van der Waals surface area contributed by atoms with Gasteiger partial charge in [-0.05, 0) is 59.9 Å². The minimum Gasteiger partial charge on any atom is -0.453 e. The summed E-state index contributed by atoms with van der Waals surface area (Å²) in [7, 11) is 4.03. The number of aromatic nitrogens is 4. The lowest BCUT2D eigenvalue weighted by molar-refractivity contribution is -0.153. The van der Waals surface area contributed by atoms with Crippen LogP contribution in [0.4, 0.5) is 9.59 Å². The lowest BCUT2D eigenvalue weighted by Crippen LogP contribution is -2.54. The van der Waals surface area contributed by atoms with Crippen LogP contribution in [0.15, 0.2) is 60.8 Å². The summed E-state index contributed by atoms with van der Waals surface area (Å²) in [4.78, 5) is 72.1. The summed E-state index contributed by atoms with van der Waals surface area (Å²) in [5.74, 6) is -0.366. The second-order valence-corrected chi connectivity index (χ2v) is 16.2. The van der Waals surface area contributed by atoms with Crippen LogP contribution >= 0.6 is 0 Å². The van der Waals surface area contributed by atoms with Crippen LogP contribution in [0.5, 0.6) is 0 Å². The normalized spacial score (nSPS) is 20.0. The number of rotatable bonds is 11. The third-order valence-corrected chi connectivity index (χ3v) is 12.1. The molecule has 3 aliphatic heterocycles. The van der Waals surface area contributed by atoms with Crippen molar-refractivity contribution in [3.63, 3.8) is 0 Å². The molecule has 4 N–H and O–H groups in total. The fourth-order valence-electron chi connectivity index (χ4n) is 8.76. The molecule has 17 heteroatoms. The SMILES string of the molecule is COC(=O)N[C@H](C(=O)N1CC2(C[C@H]1c1ncc(-c3ccc(-c4ccc5c(ccc6nc([C@@H]7CCCN7C(=O)[C@@H](NC(=O)OC)[C@@H](C)OC)[nH]c65)c4)cc3)[nH]1)OCCO2)C(C)C. The Bertz CT molecular complexity index is 2420. The lowest BCUT2D eigenvalue weighted by atomic mass is 9.99. The average molecular weight is 837 g/mol. The molecular formula is C44H52N8O9. The maximum atomic E-state index is 14.0. The van der Waals surface area contributed by atoms with Gasteiger partial charge >= 0.3 is 12.2 Å². The van der Waals surface area contributed by atoms with E-state index in [9.17, 15) is 19.2 Å². The maximum Gasteiger partial charge on any atom is 0.407 e. The number of ether oxygens (including phenoxy) is 5. The van der Waals surface area contributed by atoms with Gasteiger partial charge in [0.15, 0.2) is 5.79 Å². The number of aromatic amines is 2. The standard InChI is InChI=1S/C44H52N8O9/c1-24(2)35(49-42(55)58-5)40(53)52-23-44(60-18-19-61-44)21-34(52)38-45-22-32(47-38)27-11-9-26(10-12-27)28-13-15-30-29(20-28)14-16-31-37(30)48-39(46-31)33-8-7-17-51(33)41(54)36(25(3)57-4)50-43(56)59-6/h9-16,20,22,24-25,33-36H,7-8,17-19,21,23H2,1-6H3,(H,45,47)(H,46,48)(H,49,55)(H,50,56)/t25-,33+,34+,35+,36+/m1/s1. The quantitative estimate of drug-likeness (QED) is 0.129. The zero-order valence-electron chi connectivity index (χ0n) is 35.2. The van der Waals surface area contributed by atoms with E-state index in [0.717, 1.165) is 57.0 Å². The molecule has 5 aromatic rings. The number of benzene rings is 3. The molecule has 17 nitrogen and oxygen atoms in total. The van der Waals surface area contributed by atoms with Crippen molar-refractivity contribution in [1.82, 2.24) is 40.4 Å². The number of H-pyrrole nitrogens is 2. The molecule has 3 aliphatic rings. The molecule has 1 spiro atoms. The van der Waals surface area contributed by atoms with E-state index in [2.05, 4.69) is 57.0 Å². The van der Waals surface area contributed by atoms with Crippen LogP contribution in [-0.4, -0.2) is 125 Å². The fraction of sp³-hybridized carbons (Fsp3) is 0.455. The Hall–Kier alpha value is -6.04. The molecule has 0 bridgehead atoms. The summed E-state index contributed by atoms with van der Waals surface area (Å²) in [6.45, 7) is 7.08. The van der Waals surface area contributed by atoms with Crippen LogP contribution < -0.4 is 10.6 Å². The zero-order chi connectivity index (χ0) is 43.0. The van der Waals surface area contributed by atoms with Crippen molar-refractivity contribution in [3.05, 3.63) is 72.4 Å². The van der Waals surface area contributed by atoms with Gasteiger partial charge in [0.2, 0.25) is 11.8 Å². The second kappa shape index (κ2) is 17.1. The fourth-order valence-corrected chi connectivity index (χ4v) is 8.76. The molecule has 0 unspecified atom stereocenters. The summed E-state index contributed by atoms with van der Waals surface area (Å²) >= 11 is 0. The zero-order valence-corrected chi connectivity index (χ0v) is 35.2. The number of alkyl carbamates (subject to hydrolysis) is 2. The summed E-state index contributed by atoms with van der Waals surface area (Å²) < 4.78 is 27.1. The third kappa shape index (κ3) is 8.12. The van der Waals surface area contributed by atoms with E-state index in [1.165, 1.54) is 21.3 Å². The largest absolute Gasteiger partial charge is 0.453 e. The second-order valence-electron chi connectivity index (χ2n) is 16.2. The molecule has 61 heavy (non-hydrogen) atoms. The number of imidazole rings is 2. The molecule has 0 radical (unpaired) electrons. The van der Waals surface area contributed by atoms with Crippen molar-refractivity contribution in [3.8, 4) is 22.4 Å². The van der Waals surface area contributed by atoms with Crippen molar-refractivity contribution >= 4 is 45.8 Å². The van der Waals surface area contributed by atoms with Crippen LogP contribution in [0.2, 0.25) is 0 Å². The first-order valence-corrected chi connectivity index (χ1v) is 20.6. The van der Waals surface area contributed by atoms with E-state index in [4.69, 9.17) is 33.7 Å². The highest BCUT2D eigenvalue weighted by Gasteiger charge is 2.53. The van der Waals surface area contributed by atoms with E-state index in [1.54, 1.807) is 22.9 Å². The predicted octanol–water partition coefficient (Wildman–Crippen LogP) is 5.59. The van der Waals surface area contributed by atoms with Gasteiger partial charge in [0.1, 0.15) is 23.7 Å². The van der Waals surface area contributed by atoms with Gasteiger partial charge in [-0.3, -0.25) is 9.59 Å². The Morgan fingerprint density at radius 1 is 0.803 bits per heavy atom. The molecule has 5 atom stereocenters.